The molecule has 1 atom stereocenters. The van der Waals surface area contributed by atoms with E-state index in [1.807, 2.05) is 0 Å². The smallest absolute Gasteiger partial charge is 0.166 e. The molecule has 2 heterocycles. The van der Waals surface area contributed by atoms with Crippen LogP contribution in [0, 0.1) is 5.82 Å². The van der Waals surface area contributed by atoms with Gasteiger partial charge in [-0.1, -0.05) is 18.2 Å². The van der Waals surface area contributed by atoms with Gasteiger partial charge in [-0.05, 0) is 41.4 Å². The number of rotatable bonds is 6. The normalized spacial score (nSPS) is 16.4. The Labute approximate surface area is 157 Å². The number of thiocarbonyl (C=S) groups is 1. The van der Waals surface area contributed by atoms with Crippen molar-refractivity contribution in [2.24, 2.45) is 0 Å². The van der Waals surface area contributed by atoms with Crippen LogP contribution in [0.2, 0.25) is 0 Å². The van der Waals surface area contributed by atoms with Crippen molar-refractivity contribution >= 4 is 28.7 Å². The highest BCUT2D eigenvalue weighted by molar-refractivity contribution is 7.80. The van der Waals surface area contributed by atoms with Crippen LogP contribution in [0.4, 0.5) is 4.39 Å². The molecule has 1 aromatic carbocycles. The summed E-state index contributed by atoms with van der Waals surface area (Å²) in [6.45, 7) is 4.73. The van der Waals surface area contributed by atoms with E-state index in [0.29, 0.717) is 11.7 Å². The standard InChI is InChI=1S/C18H22FN3OS2/c19-15-5-3-14(4-6-15)12-20-18(24)21-13-16(17-2-1-11-25-17)22-7-9-23-10-8-22/h1-6,11,16H,7-10,12-13H2,(H2,20,21,24)/t16-/m1/s1. The van der Waals surface area contributed by atoms with Gasteiger partial charge in [-0.25, -0.2) is 4.39 Å². The minimum atomic E-state index is -0.228. The van der Waals surface area contributed by atoms with E-state index < -0.39 is 0 Å². The molecule has 1 fully saturated rings. The van der Waals surface area contributed by atoms with Crippen molar-refractivity contribution in [1.82, 2.24) is 15.5 Å². The maximum absolute atomic E-state index is 12.9. The third-order valence-corrected chi connectivity index (χ3v) is 5.44. The van der Waals surface area contributed by atoms with Gasteiger partial charge in [0.1, 0.15) is 5.82 Å². The maximum atomic E-state index is 12.9. The van der Waals surface area contributed by atoms with E-state index in [4.69, 9.17) is 17.0 Å². The summed E-state index contributed by atoms with van der Waals surface area (Å²) in [4.78, 5) is 3.76. The quantitative estimate of drug-likeness (QED) is 0.755. The van der Waals surface area contributed by atoms with Crippen molar-refractivity contribution in [3.05, 3.63) is 58.0 Å². The molecule has 0 amide bonds. The minimum Gasteiger partial charge on any atom is -0.379 e. The predicted molar refractivity (Wildman–Crippen MR) is 103 cm³/mol. The van der Waals surface area contributed by atoms with Gasteiger partial charge in [-0.2, -0.15) is 0 Å². The van der Waals surface area contributed by atoms with Gasteiger partial charge in [0.05, 0.1) is 19.3 Å². The molecular weight excluding hydrogens is 357 g/mol. The van der Waals surface area contributed by atoms with Crippen LogP contribution < -0.4 is 10.6 Å². The Morgan fingerprint density at radius 3 is 2.64 bits per heavy atom. The molecule has 1 aromatic heterocycles. The second-order valence-corrected chi connectivity index (χ2v) is 7.26. The van der Waals surface area contributed by atoms with Crippen molar-refractivity contribution in [2.75, 3.05) is 32.8 Å². The summed E-state index contributed by atoms with van der Waals surface area (Å²) in [5.74, 6) is -0.228. The Bertz CT molecular complexity index is 657. The zero-order valence-corrected chi connectivity index (χ0v) is 15.5. The third-order valence-electron chi connectivity index (χ3n) is 4.18. The molecule has 1 saturated heterocycles. The molecule has 1 aliphatic rings. The molecule has 0 unspecified atom stereocenters. The van der Waals surface area contributed by atoms with Gasteiger partial charge in [0, 0.05) is 31.1 Å². The van der Waals surface area contributed by atoms with Gasteiger partial charge in [0.25, 0.3) is 0 Å². The van der Waals surface area contributed by atoms with E-state index in [0.717, 1.165) is 38.4 Å². The first-order chi connectivity index (χ1) is 12.2. The number of ether oxygens (including phenoxy) is 1. The fraction of sp³-hybridized carbons (Fsp3) is 0.389. The Hall–Kier alpha value is -1.54. The zero-order chi connectivity index (χ0) is 17.5. The van der Waals surface area contributed by atoms with Crippen LogP contribution in [0.1, 0.15) is 16.5 Å². The largest absolute Gasteiger partial charge is 0.379 e. The highest BCUT2D eigenvalue weighted by Gasteiger charge is 2.23. The first kappa shape index (κ1) is 18.3. The summed E-state index contributed by atoms with van der Waals surface area (Å²) in [5.41, 5.74) is 0.994. The highest BCUT2D eigenvalue weighted by Crippen LogP contribution is 2.25. The fourth-order valence-corrected chi connectivity index (χ4v) is 3.83. The van der Waals surface area contributed by atoms with E-state index in [1.54, 1.807) is 23.5 Å². The van der Waals surface area contributed by atoms with Crippen LogP contribution in [0.3, 0.4) is 0 Å². The van der Waals surface area contributed by atoms with Gasteiger partial charge >= 0.3 is 0 Å². The average Bonchev–Trinajstić information content (AvgIpc) is 3.17. The molecule has 25 heavy (non-hydrogen) atoms. The van der Waals surface area contributed by atoms with Crippen molar-refractivity contribution in [1.29, 1.82) is 0 Å². The number of hydrogen-bond acceptors (Lipinski definition) is 4. The molecule has 4 nitrogen and oxygen atoms in total. The fourth-order valence-electron chi connectivity index (χ4n) is 2.82. The molecule has 0 aliphatic carbocycles. The first-order valence-corrected chi connectivity index (χ1v) is 9.62. The van der Waals surface area contributed by atoms with Gasteiger partial charge in [-0.15, -0.1) is 11.3 Å². The summed E-state index contributed by atoms with van der Waals surface area (Å²) in [6.07, 6.45) is 0. The lowest BCUT2D eigenvalue weighted by molar-refractivity contribution is 0.0177. The van der Waals surface area contributed by atoms with E-state index in [-0.39, 0.29) is 11.9 Å². The van der Waals surface area contributed by atoms with Crippen LogP contribution in [-0.2, 0) is 11.3 Å². The highest BCUT2D eigenvalue weighted by atomic mass is 32.1. The molecular formula is C18H22FN3OS2. The van der Waals surface area contributed by atoms with E-state index in [1.165, 1.54) is 17.0 Å². The summed E-state index contributed by atoms with van der Waals surface area (Å²) < 4.78 is 18.4. The van der Waals surface area contributed by atoms with E-state index in [9.17, 15) is 4.39 Å². The Morgan fingerprint density at radius 1 is 1.20 bits per heavy atom. The Balaban J connectivity index is 1.51. The third kappa shape index (κ3) is 5.47. The van der Waals surface area contributed by atoms with Gasteiger partial charge in [-0.3, -0.25) is 4.90 Å². The lowest BCUT2D eigenvalue weighted by Gasteiger charge is -2.34. The molecule has 7 heteroatoms. The second-order valence-electron chi connectivity index (χ2n) is 5.87. The van der Waals surface area contributed by atoms with Crippen LogP contribution >= 0.6 is 23.6 Å². The lowest BCUT2D eigenvalue weighted by atomic mass is 10.2. The SMILES string of the molecule is Fc1ccc(CNC(=S)NC[C@H](c2cccs2)N2CCOCC2)cc1. The number of benzene rings is 1. The van der Waals surface area contributed by atoms with Gasteiger partial charge in [0.2, 0.25) is 0 Å². The number of hydrogen-bond donors (Lipinski definition) is 2. The number of nitrogens with zero attached hydrogens (tertiary/aromatic N) is 1. The summed E-state index contributed by atoms with van der Waals surface area (Å²) in [7, 11) is 0. The van der Waals surface area contributed by atoms with Crippen LogP contribution in [0.15, 0.2) is 41.8 Å². The van der Waals surface area contributed by atoms with E-state index >= 15 is 0 Å². The monoisotopic (exact) mass is 379 g/mol. The van der Waals surface area contributed by atoms with Crippen LogP contribution in [-0.4, -0.2) is 42.9 Å². The summed E-state index contributed by atoms with van der Waals surface area (Å²) >= 11 is 7.16. The molecule has 1 aliphatic heterocycles. The Morgan fingerprint density at radius 2 is 1.96 bits per heavy atom. The number of nitrogens with one attached hydrogen (secondary N) is 2. The minimum absolute atomic E-state index is 0.228. The molecule has 0 saturated carbocycles. The number of halogens is 1. The lowest BCUT2D eigenvalue weighted by Crippen LogP contribution is -2.45. The van der Waals surface area contributed by atoms with E-state index in [2.05, 4.69) is 33.0 Å². The van der Waals surface area contributed by atoms with Crippen molar-refractivity contribution in [2.45, 2.75) is 12.6 Å². The molecule has 0 radical (unpaired) electrons. The molecule has 2 aromatic rings. The van der Waals surface area contributed by atoms with Crippen molar-refractivity contribution in [3.8, 4) is 0 Å². The van der Waals surface area contributed by atoms with Gasteiger partial charge < -0.3 is 15.4 Å². The summed E-state index contributed by atoms with van der Waals surface area (Å²) in [5, 5.41) is 9.22. The summed E-state index contributed by atoms with van der Waals surface area (Å²) in [6, 6.07) is 11.0. The topological polar surface area (TPSA) is 36.5 Å². The van der Waals surface area contributed by atoms with Crippen LogP contribution in [0.5, 0.6) is 0 Å². The van der Waals surface area contributed by atoms with Crippen molar-refractivity contribution < 1.29 is 9.13 Å². The maximum Gasteiger partial charge on any atom is 0.166 e. The first-order valence-electron chi connectivity index (χ1n) is 8.34. The molecule has 0 spiro atoms. The molecule has 134 valence electrons. The molecule has 3 rings (SSSR count). The average molecular weight is 380 g/mol. The molecule has 0 bridgehead atoms. The van der Waals surface area contributed by atoms with Gasteiger partial charge in [0.15, 0.2) is 5.11 Å². The molecule has 2 N–H and O–H groups in total. The number of thiophene rings is 1. The number of morpholine rings is 1. The van der Waals surface area contributed by atoms with Crippen LogP contribution in [0.25, 0.3) is 0 Å². The predicted octanol–water partition coefficient (Wildman–Crippen LogP) is 2.92. The van der Waals surface area contributed by atoms with Crippen molar-refractivity contribution in [3.63, 3.8) is 0 Å². The second kappa shape index (κ2) is 9.24. The Kier molecular flexibility index (Phi) is 6.75. The zero-order valence-electron chi connectivity index (χ0n) is 13.9.